The Kier molecular flexibility index (Phi) is 6.76. The van der Waals surface area contributed by atoms with Crippen LogP contribution in [-0.4, -0.2) is 65.3 Å². The molecule has 0 bridgehead atoms. The van der Waals surface area contributed by atoms with Crippen molar-refractivity contribution in [1.82, 2.24) is 15.1 Å². The van der Waals surface area contributed by atoms with E-state index >= 15 is 0 Å². The minimum absolute atomic E-state index is 0.0524. The fraction of sp³-hybridized carbons (Fsp3) is 0.933. The maximum Gasteiger partial charge on any atom is 0.317 e. The Labute approximate surface area is 123 Å². The van der Waals surface area contributed by atoms with Crippen molar-refractivity contribution in [3.63, 3.8) is 0 Å². The molecule has 2 unspecified atom stereocenters. The summed E-state index contributed by atoms with van der Waals surface area (Å²) in [4.78, 5) is 16.1. The summed E-state index contributed by atoms with van der Waals surface area (Å²) in [6, 6.07) is 0.900. The molecule has 0 spiro atoms. The molecule has 1 aliphatic heterocycles. The first-order valence-electron chi connectivity index (χ1n) is 7.79. The number of piperidine rings is 1. The molecule has 0 radical (unpaired) electrons. The Hall–Kier alpha value is -0.810. The number of nitrogens with zero attached hydrogens (tertiary/aromatic N) is 2. The third kappa shape index (κ3) is 4.94. The Balaban J connectivity index is 2.33. The number of carbonyl (C=O) groups excluding carboxylic acids is 1. The Morgan fingerprint density at radius 3 is 2.45 bits per heavy atom. The molecule has 2 N–H and O–H groups in total. The summed E-state index contributed by atoms with van der Waals surface area (Å²) < 4.78 is 0. The molecule has 5 nitrogen and oxygen atoms in total. The normalized spacial score (nSPS) is 23.8. The van der Waals surface area contributed by atoms with E-state index in [9.17, 15) is 9.90 Å². The van der Waals surface area contributed by atoms with Crippen LogP contribution in [0.15, 0.2) is 0 Å². The first-order chi connectivity index (χ1) is 9.32. The van der Waals surface area contributed by atoms with E-state index in [4.69, 9.17) is 0 Å². The molecular formula is C15H31N3O2. The van der Waals surface area contributed by atoms with E-state index in [1.807, 2.05) is 6.92 Å². The van der Waals surface area contributed by atoms with Gasteiger partial charge in [-0.1, -0.05) is 6.92 Å². The SMILES string of the molecule is CC1CCN(C(=O)NCCN(C(C)C)C(C)C)CC1O. The van der Waals surface area contributed by atoms with E-state index in [2.05, 4.69) is 37.9 Å². The number of aliphatic hydroxyl groups excluding tert-OH is 1. The van der Waals surface area contributed by atoms with Crippen LogP contribution in [0.3, 0.4) is 0 Å². The number of nitrogens with one attached hydrogen (secondary N) is 1. The Bertz CT molecular complexity index is 299. The zero-order valence-electron chi connectivity index (χ0n) is 13.6. The van der Waals surface area contributed by atoms with Gasteiger partial charge in [-0.15, -0.1) is 0 Å². The fourth-order valence-electron chi connectivity index (χ4n) is 2.75. The second kappa shape index (κ2) is 7.84. The number of likely N-dealkylation sites (tertiary alicyclic amines) is 1. The van der Waals surface area contributed by atoms with Gasteiger partial charge in [0.2, 0.25) is 0 Å². The molecule has 1 saturated heterocycles. The highest BCUT2D eigenvalue weighted by atomic mass is 16.3. The molecule has 1 heterocycles. The zero-order chi connectivity index (χ0) is 15.3. The molecule has 1 rings (SSSR count). The monoisotopic (exact) mass is 285 g/mol. The summed E-state index contributed by atoms with van der Waals surface area (Å²) >= 11 is 0. The molecule has 0 aromatic carbocycles. The minimum atomic E-state index is -0.391. The number of hydrogen-bond donors (Lipinski definition) is 2. The smallest absolute Gasteiger partial charge is 0.317 e. The number of hydrogen-bond acceptors (Lipinski definition) is 3. The summed E-state index contributed by atoms with van der Waals surface area (Å²) in [5.41, 5.74) is 0. The average Bonchev–Trinajstić information content (AvgIpc) is 2.36. The number of aliphatic hydroxyl groups is 1. The van der Waals surface area contributed by atoms with Gasteiger partial charge in [0.15, 0.2) is 0 Å². The molecule has 0 saturated carbocycles. The minimum Gasteiger partial charge on any atom is -0.391 e. The second-order valence-electron chi connectivity index (χ2n) is 6.44. The lowest BCUT2D eigenvalue weighted by Crippen LogP contribution is -2.51. The number of urea groups is 1. The fourth-order valence-corrected chi connectivity index (χ4v) is 2.75. The Morgan fingerprint density at radius 1 is 1.35 bits per heavy atom. The highest BCUT2D eigenvalue weighted by Gasteiger charge is 2.27. The van der Waals surface area contributed by atoms with Crippen LogP contribution in [0.5, 0.6) is 0 Å². The number of rotatable bonds is 5. The first-order valence-corrected chi connectivity index (χ1v) is 7.79. The average molecular weight is 285 g/mol. The largest absolute Gasteiger partial charge is 0.391 e. The van der Waals surface area contributed by atoms with Crippen molar-refractivity contribution in [3.8, 4) is 0 Å². The molecule has 5 heteroatoms. The molecule has 2 atom stereocenters. The first kappa shape index (κ1) is 17.2. The maximum absolute atomic E-state index is 12.1. The predicted octanol–water partition coefficient (Wildman–Crippen LogP) is 1.52. The highest BCUT2D eigenvalue weighted by molar-refractivity contribution is 5.74. The van der Waals surface area contributed by atoms with Crippen molar-refractivity contribution >= 4 is 6.03 Å². The van der Waals surface area contributed by atoms with Crippen LogP contribution in [0.4, 0.5) is 4.79 Å². The van der Waals surface area contributed by atoms with Crippen LogP contribution in [0.1, 0.15) is 41.0 Å². The van der Waals surface area contributed by atoms with Gasteiger partial charge in [-0.05, 0) is 40.0 Å². The van der Waals surface area contributed by atoms with E-state index < -0.39 is 6.10 Å². The molecule has 0 aromatic rings. The molecule has 1 aliphatic rings. The van der Waals surface area contributed by atoms with E-state index in [1.54, 1.807) is 4.90 Å². The van der Waals surface area contributed by atoms with Gasteiger partial charge in [-0.3, -0.25) is 4.90 Å². The van der Waals surface area contributed by atoms with E-state index in [1.165, 1.54) is 0 Å². The highest BCUT2D eigenvalue weighted by Crippen LogP contribution is 2.16. The van der Waals surface area contributed by atoms with Crippen LogP contribution in [-0.2, 0) is 0 Å². The molecule has 20 heavy (non-hydrogen) atoms. The molecule has 0 aliphatic carbocycles. The quantitative estimate of drug-likeness (QED) is 0.805. The molecule has 118 valence electrons. The van der Waals surface area contributed by atoms with E-state index in [-0.39, 0.29) is 11.9 Å². The zero-order valence-corrected chi connectivity index (χ0v) is 13.6. The van der Waals surface area contributed by atoms with Gasteiger partial charge in [0, 0.05) is 38.3 Å². The second-order valence-corrected chi connectivity index (χ2v) is 6.44. The maximum atomic E-state index is 12.1. The van der Waals surface area contributed by atoms with Gasteiger partial charge in [0.25, 0.3) is 0 Å². The summed E-state index contributed by atoms with van der Waals surface area (Å²) in [6.45, 7) is 13.4. The topological polar surface area (TPSA) is 55.8 Å². The van der Waals surface area contributed by atoms with Crippen LogP contribution < -0.4 is 5.32 Å². The van der Waals surface area contributed by atoms with Crippen molar-refractivity contribution < 1.29 is 9.90 Å². The summed E-state index contributed by atoms with van der Waals surface area (Å²) in [7, 11) is 0. The molecule has 0 aromatic heterocycles. The van der Waals surface area contributed by atoms with Gasteiger partial charge in [-0.25, -0.2) is 4.79 Å². The van der Waals surface area contributed by atoms with E-state index in [0.717, 1.165) is 19.5 Å². The predicted molar refractivity (Wildman–Crippen MR) is 81.7 cm³/mol. The van der Waals surface area contributed by atoms with Crippen molar-refractivity contribution in [1.29, 1.82) is 0 Å². The molecule has 2 amide bonds. The number of amides is 2. The third-order valence-corrected chi connectivity index (χ3v) is 4.18. The summed E-state index contributed by atoms with van der Waals surface area (Å²) in [5.74, 6) is 0.288. The lowest BCUT2D eigenvalue weighted by atomic mass is 9.96. The molecule has 1 fully saturated rings. The van der Waals surface area contributed by atoms with Crippen molar-refractivity contribution in [2.75, 3.05) is 26.2 Å². The third-order valence-electron chi connectivity index (χ3n) is 4.18. The van der Waals surface area contributed by atoms with E-state index in [0.29, 0.717) is 25.2 Å². The van der Waals surface area contributed by atoms with Gasteiger partial charge in [-0.2, -0.15) is 0 Å². The van der Waals surface area contributed by atoms with Gasteiger partial charge < -0.3 is 15.3 Å². The van der Waals surface area contributed by atoms with Crippen LogP contribution in [0.2, 0.25) is 0 Å². The summed E-state index contributed by atoms with van der Waals surface area (Å²) in [5, 5.41) is 12.8. The van der Waals surface area contributed by atoms with Crippen LogP contribution >= 0.6 is 0 Å². The summed E-state index contributed by atoms with van der Waals surface area (Å²) in [6.07, 6.45) is 0.482. The number of β-amino-alcohol motifs (C(OH)–C–C–N with tert-alkyl or cyclic N) is 1. The van der Waals surface area contributed by atoms with Crippen molar-refractivity contribution in [2.45, 2.75) is 59.2 Å². The number of carbonyl (C=O) groups is 1. The molecular weight excluding hydrogens is 254 g/mol. The van der Waals surface area contributed by atoms with Crippen molar-refractivity contribution in [3.05, 3.63) is 0 Å². The van der Waals surface area contributed by atoms with Crippen molar-refractivity contribution in [2.24, 2.45) is 5.92 Å². The van der Waals surface area contributed by atoms with Crippen LogP contribution in [0.25, 0.3) is 0 Å². The lowest BCUT2D eigenvalue weighted by molar-refractivity contribution is 0.0433. The van der Waals surface area contributed by atoms with Crippen LogP contribution in [0, 0.1) is 5.92 Å². The van der Waals surface area contributed by atoms with Gasteiger partial charge in [0.05, 0.1) is 6.10 Å². The standard InChI is InChI=1S/C15H31N3O2/c1-11(2)18(12(3)4)9-7-16-15(20)17-8-6-13(5)14(19)10-17/h11-14,19H,6-10H2,1-5H3,(H,16,20). The Morgan fingerprint density at radius 2 is 1.95 bits per heavy atom. The van der Waals surface area contributed by atoms with Gasteiger partial charge >= 0.3 is 6.03 Å². The van der Waals surface area contributed by atoms with Gasteiger partial charge in [0.1, 0.15) is 0 Å². The lowest BCUT2D eigenvalue weighted by Gasteiger charge is -2.35.